The van der Waals surface area contributed by atoms with E-state index in [1.165, 1.54) is 24.4 Å². The van der Waals surface area contributed by atoms with E-state index in [-0.39, 0.29) is 17.8 Å². The Bertz CT molecular complexity index is 1580. The predicted octanol–water partition coefficient (Wildman–Crippen LogP) is 5.45. The van der Waals surface area contributed by atoms with Gasteiger partial charge in [-0.3, -0.25) is 4.79 Å². The van der Waals surface area contributed by atoms with Crippen molar-refractivity contribution in [3.8, 4) is 0 Å². The van der Waals surface area contributed by atoms with Gasteiger partial charge in [0.25, 0.3) is 5.56 Å². The zero-order valence-electron chi connectivity index (χ0n) is 25.3. The van der Waals surface area contributed by atoms with E-state index in [1.54, 1.807) is 0 Å². The van der Waals surface area contributed by atoms with Gasteiger partial charge >= 0.3 is 5.97 Å². The summed E-state index contributed by atoms with van der Waals surface area (Å²) in [6, 6.07) is 16.0. The van der Waals surface area contributed by atoms with Crippen LogP contribution in [0.3, 0.4) is 0 Å². The Balaban J connectivity index is 1.28. The third kappa shape index (κ3) is 7.06. The minimum Gasteiger partial charge on any atom is -0.342 e. The summed E-state index contributed by atoms with van der Waals surface area (Å²) in [5.74, 6) is 0.218. The number of benzene rings is 2. The monoisotopic (exact) mass is 588 g/mol. The number of hydrogen-bond donors (Lipinski definition) is 0. The highest BCUT2D eigenvalue weighted by molar-refractivity contribution is 5.79. The summed E-state index contributed by atoms with van der Waals surface area (Å²) in [5.41, 5.74) is 2.52. The van der Waals surface area contributed by atoms with Crippen molar-refractivity contribution < 1.29 is 14.0 Å². The molecule has 10 heteroatoms. The molecule has 1 unspecified atom stereocenters. The van der Waals surface area contributed by atoms with Crippen LogP contribution in [-0.4, -0.2) is 51.4 Å². The molecule has 1 atom stereocenters. The average molecular weight is 589 g/mol. The molecule has 9 nitrogen and oxygen atoms in total. The molecule has 5 rings (SSSR count). The van der Waals surface area contributed by atoms with Gasteiger partial charge in [0.15, 0.2) is 0 Å². The number of aromatic nitrogens is 4. The number of carbonyl (C=O) groups excluding carboxylic acids is 1. The Kier molecular flexibility index (Phi) is 9.74. The van der Waals surface area contributed by atoms with Crippen molar-refractivity contribution in [1.29, 1.82) is 0 Å². The highest BCUT2D eigenvalue weighted by atomic mass is 19.1. The number of piperidine rings is 1. The van der Waals surface area contributed by atoms with Crippen LogP contribution in [0, 0.1) is 11.7 Å². The molecule has 0 N–H and O–H groups in total. The maximum absolute atomic E-state index is 13.5. The second-order valence-corrected chi connectivity index (χ2v) is 11.5. The fourth-order valence-electron chi connectivity index (χ4n) is 5.73. The van der Waals surface area contributed by atoms with Crippen LogP contribution in [0.4, 0.5) is 16.3 Å². The zero-order chi connectivity index (χ0) is 30.3. The first kappa shape index (κ1) is 30.3. The van der Waals surface area contributed by atoms with E-state index >= 15 is 0 Å². The van der Waals surface area contributed by atoms with Gasteiger partial charge in [-0.25, -0.2) is 19.2 Å². The summed E-state index contributed by atoms with van der Waals surface area (Å²) in [6.07, 6.45) is 8.08. The second-order valence-electron chi connectivity index (χ2n) is 11.5. The molecular formula is C33H41FN6O3. The fraction of sp³-hybridized carbons (Fsp3) is 0.455. The Labute approximate surface area is 251 Å². The van der Waals surface area contributed by atoms with Crippen molar-refractivity contribution in [1.82, 2.24) is 19.3 Å². The van der Waals surface area contributed by atoms with E-state index in [0.717, 1.165) is 85.3 Å². The van der Waals surface area contributed by atoms with Crippen molar-refractivity contribution in [2.45, 2.75) is 71.4 Å². The molecule has 1 aliphatic rings. The summed E-state index contributed by atoms with van der Waals surface area (Å²) in [7, 11) is 1.89. The molecule has 2 aromatic heterocycles. The highest BCUT2D eigenvalue weighted by Crippen LogP contribution is 2.28. The number of imidazole rings is 1. The summed E-state index contributed by atoms with van der Waals surface area (Å²) in [4.78, 5) is 44.9. The summed E-state index contributed by atoms with van der Waals surface area (Å²) in [5, 5.41) is 0. The van der Waals surface area contributed by atoms with E-state index in [2.05, 4.69) is 27.4 Å². The van der Waals surface area contributed by atoms with Gasteiger partial charge in [-0.15, -0.1) is 0 Å². The first-order valence-corrected chi connectivity index (χ1v) is 15.3. The summed E-state index contributed by atoms with van der Waals surface area (Å²) >= 11 is 0. The molecule has 0 saturated carbocycles. The summed E-state index contributed by atoms with van der Waals surface area (Å²) in [6.45, 7) is 6.07. The van der Waals surface area contributed by atoms with Crippen LogP contribution in [-0.2, 0) is 11.3 Å². The van der Waals surface area contributed by atoms with Crippen LogP contribution >= 0.6 is 0 Å². The number of para-hydroxylation sites is 2. The van der Waals surface area contributed by atoms with Gasteiger partial charge in [-0.05, 0) is 49.1 Å². The topological polar surface area (TPSA) is 85.5 Å². The molecule has 0 spiro atoms. The molecule has 2 aromatic carbocycles. The van der Waals surface area contributed by atoms with Crippen molar-refractivity contribution in [2.75, 3.05) is 29.9 Å². The Morgan fingerprint density at radius 2 is 1.81 bits per heavy atom. The number of nitrogens with zero attached hydrogens (tertiary/aromatic N) is 6. The van der Waals surface area contributed by atoms with Crippen molar-refractivity contribution >= 4 is 28.9 Å². The van der Waals surface area contributed by atoms with Crippen molar-refractivity contribution in [3.05, 3.63) is 82.5 Å². The quantitative estimate of drug-likeness (QED) is 0.204. The maximum Gasteiger partial charge on any atom is 0.335 e. The van der Waals surface area contributed by atoms with E-state index in [1.807, 2.05) is 49.2 Å². The lowest BCUT2D eigenvalue weighted by atomic mass is 10.0. The molecule has 4 aromatic rings. The molecule has 1 fully saturated rings. The number of carbonyl (C=O) groups is 1. The number of unbranched alkanes of at least 4 members (excludes halogenated alkanes) is 3. The van der Waals surface area contributed by atoms with Gasteiger partial charge < -0.3 is 19.2 Å². The predicted molar refractivity (Wildman–Crippen MR) is 167 cm³/mol. The highest BCUT2D eigenvalue weighted by Gasteiger charge is 2.29. The molecule has 3 heterocycles. The first-order valence-electron chi connectivity index (χ1n) is 15.3. The smallest absolute Gasteiger partial charge is 0.335 e. The lowest BCUT2D eigenvalue weighted by molar-refractivity contribution is -0.149. The van der Waals surface area contributed by atoms with Crippen molar-refractivity contribution in [3.63, 3.8) is 0 Å². The van der Waals surface area contributed by atoms with E-state index in [0.29, 0.717) is 12.5 Å². The molecule has 43 heavy (non-hydrogen) atoms. The van der Waals surface area contributed by atoms with Gasteiger partial charge in [0.2, 0.25) is 11.9 Å². The van der Waals surface area contributed by atoms with Gasteiger partial charge in [0, 0.05) is 38.4 Å². The summed E-state index contributed by atoms with van der Waals surface area (Å²) < 4.78 is 16.8. The molecule has 0 radical (unpaired) electrons. The molecular weight excluding hydrogens is 547 g/mol. The van der Waals surface area contributed by atoms with Crippen LogP contribution in [0.2, 0.25) is 0 Å². The number of halogens is 1. The lowest BCUT2D eigenvalue weighted by Gasteiger charge is -2.38. The van der Waals surface area contributed by atoms with E-state index in [4.69, 9.17) is 9.82 Å². The normalized spacial score (nSPS) is 14.7. The number of fused-ring (bicyclic) bond motifs is 1. The number of hydrogen-bond acceptors (Lipinski definition) is 7. The van der Waals surface area contributed by atoms with Gasteiger partial charge in [-0.1, -0.05) is 68.5 Å². The number of anilines is 2. The van der Waals surface area contributed by atoms with E-state index < -0.39 is 11.5 Å². The Morgan fingerprint density at radius 1 is 1.07 bits per heavy atom. The zero-order valence-corrected chi connectivity index (χ0v) is 25.3. The SMILES string of the molecule is CCCCCCC(C)C(=O)On1c(N(C)C2CCN(c3nc4ccccc4n3Cc3ccc(F)cc3)CC2)nccc1=O. The molecule has 1 aliphatic heterocycles. The van der Waals surface area contributed by atoms with Crippen LogP contribution in [0.5, 0.6) is 0 Å². The third-order valence-electron chi connectivity index (χ3n) is 8.36. The Hall–Kier alpha value is -4.21. The van der Waals surface area contributed by atoms with Crippen molar-refractivity contribution in [2.24, 2.45) is 5.92 Å². The first-order chi connectivity index (χ1) is 20.9. The molecule has 0 amide bonds. The third-order valence-corrected chi connectivity index (χ3v) is 8.36. The molecule has 228 valence electrons. The average Bonchev–Trinajstić information content (AvgIpc) is 3.39. The van der Waals surface area contributed by atoms with Crippen LogP contribution in [0.1, 0.15) is 64.4 Å². The minimum atomic E-state index is -0.421. The van der Waals surface area contributed by atoms with Gasteiger partial charge in [0.1, 0.15) is 5.82 Å². The molecule has 0 bridgehead atoms. The lowest BCUT2D eigenvalue weighted by Crippen LogP contribution is -2.47. The Morgan fingerprint density at radius 3 is 2.56 bits per heavy atom. The van der Waals surface area contributed by atoms with Crippen LogP contribution in [0.15, 0.2) is 65.6 Å². The minimum absolute atomic E-state index is 0.0805. The molecule has 1 saturated heterocycles. The molecule has 0 aliphatic carbocycles. The largest absolute Gasteiger partial charge is 0.342 e. The van der Waals surface area contributed by atoms with Crippen LogP contribution in [0.25, 0.3) is 11.0 Å². The second kappa shape index (κ2) is 13.8. The maximum atomic E-state index is 13.5. The number of rotatable bonds is 12. The van der Waals surface area contributed by atoms with Gasteiger partial charge in [-0.2, -0.15) is 0 Å². The fourth-order valence-corrected chi connectivity index (χ4v) is 5.73. The van der Waals surface area contributed by atoms with Crippen LogP contribution < -0.4 is 20.2 Å². The standard InChI is InChI=1S/C33H41FN6O3/c1-4-5-6-7-10-24(2)31(42)43-40-30(41)17-20-35-32(40)37(3)27-18-21-38(22-19-27)33-36-28-11-8-9-12-29(28)39(33)23-25-13-15-26(34)16-14-25/h8-9,11-17,20,24,27H,4-7,10,18-19,21-23H2,1-3H3. The van der Waals surface area contributed by atoms with E-state index in [9.17, 15) is 14.0 Å². The van der Waals surface area contributed by atoms with Gasteiger partial charge in [0.05, 0.1) is 23.5 Å².